The molecule has 0 rings (SSSR count). The van der Waals surface area contributed by atoms with E-state index in [1.165, 1.54) is 0 Å². The molecular weight excluding hydrogens is 296 g/mol. The topological polar surface area (TPSA) is 139 Å². The van der Waals surface area contributed by atoms with E-state index in [2.05, 4.69) is 18.4 Å². The first-order valence-electron chi connectivity index (χ1n) is 3.88. The van der Waals surface area contributed by atoms with Crippen molar-refractivity contribution in [2.75, 3.05) is 12.5 Å². The molecule has 0 aromatic heterocycles. The van der Waals surface area contributed by atoms with Gasteiger partial charge in [0, 0.05) is 12.2 Å². The summed E-state index contributed by atoms with van der Waals surface area (Å²) < 4.78 is 48.8. The van der Waals surface area contributed by atoms with Crippen LogP contribution in [0.1, 0.15) is 0 Å². The minimum atomic E-state index is -3.98. The van der Waals surface area contributed by atoms with Gasteiger partial charge in [-0.3, -0.25) is 9.78 Å². The molecule has 0 amide bonds. The van der Waals surface area contributed by atoms with Crippen LogP contribution in [0.2, 0.25) is 0 Å². The van der Waals surface area contributed by atoms with Crippen molar-refractivity contribution in [2.24, 2.45) is 0 Å². The molecule has 0 aliphatic carbocycles. The Labute approximate surface area is 102 Å². The summed E-state index contributed by atoms with van der Waals surface area (Å²) in [5, 5.41) is 0. The van der Waals surface area contributed by atoms with E-state index in [4.69, 9.17) is 0 Å². The van der Waals surface area contributed by atoms with Gasteiger partial charge in [-0.1, -0.05) is 8.67 Å². The molecule has 18 heavy (non-hydrogen) atoms. The van der Waals surface area contributed by atoms with E-state index < -0.39 is 32.2 Å². The molecule has 0 heterocycles. The van der Waals surface area contributed by atoms with Crippen LogP contribution in [-0.2, 0) is 48.3 Å². The van der Waals surface area contributed by atoms with E-state index in [9.17, 15) is 26.4 Å². The lowest BCUT2D eigenvalue weighted by molar-refractivity contribution is -0.206. The van der Waals surface area contributed by atoms with Crippen LogP contribution in [0.15, 0.2) is 12.2 Å². The molecule has 0 fully saturated rings. The van der Waals surface area contributed by atoms with Crippen molar-refractivity contribution in [3.63, 3.8) is 0 Å². The Morgan fingerprint density at radius 1 is 0.778 bits per heavy atom. The van der Waals surface area contributed by atoms with E-state index in [1.807, 2.05) is 0 Å². The Bertz CT molecular complexity index is 489. The zero-order valence-corrected chi connectivity index (χ0v) is 10.7. The van der Waals surface area contributed by atoms with Crippen LogP contribution in [0.25, 0.3) is 0 Å². The Morgan fingerprint density at radius 3 is 1.28 bits per heavy atom. The van der Waals surface area contributed by atoms with Gasteiger partial charge in [0.05, 0.1) is 12.5 Å². The molecule has 0 atom stereocenters. The van der Waals surface area contributed by atoms with Crippen LogP contribution < -0.4 is 0 Å². The summed E-state index contributed by atoms with van der Waals surface area (Å²) in [5.41, 5.74) is 0. The van der Waals surface area contributed by atoms with Gasteiger partial charge in [0.25, 0.3) is 20.2 Å². The molecule has 0 saturated carbocycles. The lowest BCUT2D eigenvalue weighted by Gasteiger charge is -1.97. The highest BCUT2D eigenvalue weighted by Crippen LogP contribution is 1.93. The Balaban J connectivity index is 4.15. The molecule has 0 N–H and O–H groups in total. The number of carbonyl (C=O) groups excluding carboxylic acids is 2. The number of carbonyl (C=O) groups is 2. The molecule has 0 aromatic rings. The average molecular weight is 304 g/mol. The second kappa shape index (κ2) is 6.44. The van der Waals surface area contributed by atoms with Gasteiger partial charge in [0.1, 0.15) is 0 Å². The smallest absolute Gasteiger partial charge is 0.277 e. The highest BCUT2D eigenvalue weighted by molar-refractivity contribution is 7.86. The molecule has 0 bridgehead atoms. The van der Waals surface area contributed by atoms with E-state index >= 15 is 0 Å². The third-order valence-corrected chi connectivity index (χ3v) is 1.47. The fourth-order valence-corrected chi connectivity index (χ4v) is 0.764. The lowest BCUT2D eigenvalue weighted by atomic mass is 10.5. The van der Waals surface area contributed by atoms with Crippen molar-refractivity contribution < 1.29 is 44.9 Å². The second-order valence-electron chi connectivity index (χ2n) is 2.68. The van der Waals surface area contributed by atoms with Crippen molar-refractivity contribution in [3.8, 4) is 0 Å². The maximum Gasteiger partial charge on any atom is 0.367 e. The maximum absolute atomic E-state index is 10.7. The van der Waals surface area contributed by atoms with Gasteiger partial charge in [-0.05, 0) is 0 Å². The summed E-state index contributed by atoms with van der Waals surface area (Å²) in [6.45, 7) is 0. The van der Waals surface area contributed by atoms with Gasteiger partial charge in [-0.2, -0.15) is 16.8 Å². The molecule has 0 unspecified atom stereocenters. The molecule has 104 valence electrons. The normalized spacial score (nSPS) is 12.3. The van der Waals surface area contributed by atoms with Crippen LogP contribution in [0, 0.1) is 0 Å². The van der Waals surface area contributed by atoms with Crippen LogP contribution in [-0.4, -0.2) is 41.3 Å². The first-order valence-corrected chi connectivity index (χ1v) is 7.51. The molecular formula is C6H8O10S2. The van der Waals surface area contributed by atoms with Crippen molar-refractivity contribution in [1.29, 1.82) is 0 Å². The summed E-state index contributed by atoms with van der Waals surface area (Å²) in [6, 6.07) is 0. The van der Waals surface area contributed by atoms with E-state index in [1.54, 1.807) is 0 Å². The minimum Gasteiger partial charge on any atom is -0.277 e. The first kappa shape index (κ1) is 16.5. The number of hydrogen-bond acceptors (Lipinski definition) is 10. The maximum atomic E-state index is 10.7. The largest absolute Gasteiger partial charge is 0.367 e. The number of hydrogen-bond donors (Lipinski definition) is 0. The zero-order chi connectivity index (χ0) is 14.4. The highest BCUT2D eigenvalue weighted by atomic mass is 32.2. The van der Waals surface area contributed by atoms with E-state index in [0.29, 0.717) is 24.7 Å². The molecule has 12 heteroatoms. The second-order valence-corrected chi connectivity index (χ2v) is 5.77. The standard InChI is InChI=1S/C6H8O10S2/c1-17(9,10)15-13-5(7)3-4-6(8)14-16-18(2,11)12/h3-4H,1-2H3/b4-3-. The molecule has 10 nitrogen and oxygen atoms in total. The van der Waals surface area contributed by atoms with Crippen LogP contribution in [0.4, 0.5) is 0 Å². The van der Waals surface area contributed by atoms with Gasteiger partial charge in [0.2, 0.25) is 0 Å². The highest BCUT2D eigenvalue weighted by Gasteiger charge is 2.10. The molecule has 0 spiro atoms. The SMILES string of the molecule is CS(=O)(=O)OOC(=O)/C=C\C(=O)OOS(C)(=O)=O. The van der Waals surface area contributed by atoms with Crippen LogP contribution >= 0.6 is 0 Å². The quantitative estimate of drug-likeness (QED) is 0.320. The van der Waals surface area contributed by atoms with E-state index in [-0.39, 0.29) is 0 Å². The van der Waals surface area contributed by atoms with Crippen molar-refractivity contribution in [3.05, 3.63) is 12.2 Å². The Kier molecular flexibility index (Phi) is 5.90. The Morgan fingerprint density at radius 2 is 1.06 bits per heavy atom. The fourth-order valence-electron chi connectivity index (χ4n) is 0.382. The number of rotatable bonds is 6. The monoisotopic (exact) mass is 304 g/mol. The molecule has 0 radical (unpaired) electrons. The summed E-state index contributed by atoms with van der Waals surface area (Å²) in [5.74, 6) is -2.67. The third-order valence-electron chi connectivity index (χ3n) is 0.835. The van der Waals surface area contributed by atoms with Crippen molar-refractivity contribution in [2.45, 2.75) is 0 Å². The van der Waals surface area contributed by atoms with Gasteiger partial charge in [-0.15, -0.1) is 0 Å². The van der Waals surface area contributed by atoms with Gasteiger partial charge >= 0.3 is 11.9 Å². The van der Waals surface area contributed by atoms with Crippen LogP contribution in [0.5, 0.6) is 0 Å². The summed E-state index contributed by atoms with van der Waals surface area (Å²) >= 11 is 0. The molecule has 0 saturated heterocycles. The molecule has 0 aromatic carbocycles. The molecule has 0 aliphatic heterocycles. The zero-order valence-electron chi connectivity index (χ0n) is 9.05. The predicted octanol–water partition coefficient (Wildman–Crippen LogP) is -1.59. The van der Waals surface area contributed by atoms with Crippen LogP contribution in [0.3, 0.4) is 0 Å². The van der Waals surface area contributed by atoms with Gasteiger partial charge < -0.3 is 0 Å². The first-order chi connectivity index (χ1) is 7.99. The lowest BCUT2D eigenvalue weighted by Crippen LogP contribution is -2.10. The van der Waals surface area contributed by atoms with Crippen molar-refractivity contribution >= 4 is 32.2 Å². The van der Waals surface area contributed by atoms with Gasteiger partial charge in [-0.25, -0.2) is 9.59 Å². The van der Waals surface area contributed by atoms with Gasteiger partial charge in [0.15, 0.2) is 0 Å². The Hall–Kier alpha value is -1.50. The third kappa shape index (κ3) is 11.0. The summed E-state index contributed by atoms with van der Waals surface area (Å²) in [7, 11) is -7.97. The van der Waals surface area contributed by atoms with E-state index in [0.717, 1.165) is 0 Å². The molecule has 0 aliphatic rings. The minimum absolute atomic E-state index is 0.430. The summed E-state index contributed by atoms with van der Waals surface area (Å²) in [6.07, 6.45) is 2.11. The van der Waals surface area contributed by atoms with Crippen molar-refractivity contribution in [1.82, 2.24) is 0 Å². The average Bonchev–Trinajstić information content (AvgIpc) is 2.18. The fraction of sp³-hybridized carbons (Fsp3) is 0.333. The predicted molar refractivity (Wildman–Crippen MR) is 53.2 cm³/mol. The summed E-state index contributed by atoms with van der Waals surface area (Å²) in [4.78, 5) is 28.9.